The molecule has 0 bridgehead atoms. The van der Waals surface area contributed by atoms with E-state index in [1.54, 1.807) is 4.68 Å². The average molecular weight is 415 g/mol. The molecule has 1 N–H and O–H groups in total. The van der Waals surface area contributed by atoms with Crippen molar-refractivity contribution >= 4 is 21.8 Å². The van der Waals surface area contributed by atoms with Gasteiger partial charge in [0.25, 0.3) is 5.91 Å². The predicted octanol–water partition coefficient (Wildman–Crippen LogP) is 3.67. The number of aromatic nitrogens is 3. The summed E-state index contributed by atoms with van der Waals surface area (Å²) < 4.78 is 8.21. The molecule has 0 saturated heterocycles. The fraction of sp³-hybridized carbons (Fsp3) is 0.211. The van der Waals surface area contributed by atoms with Crippen LogP contribution in [0.15, 0.2) is 53.0 Å². The minimum absolute atomic E-state index is 0.267. The second kappa shape index (κ2) is 8.14. The SMILES string of the molecule is CCOc1ccccc1CNC(=O)c1nnn(-c2ccc(Br)cc2)c1C. The highest BCUT2D eigenvalue weighted by Crippen LogP contribution is 2.18. The minimum atomic E-state index is -0.267. The largest absolute Gasteiger partial charge is 0.494 e. The van der Waals surface area contributed by atoms with Crippen LogP contribution in [0.3, 0.4) is 0 Å². The molecule has 0 aliphatic heterocycles. The summed E-state index contributed by atoms with van der Waals surface area (Å²) in [6.45, 7) is 4.69. The molecule has 134 valence electrons. The lowest BCUT2D eigenvalue weighted by atomic mass is 10.2. The van der Waals surface area contributed by atoms with Gasteiger partial charge in [0.1, 0.15) is 5.75 Å². The fourth-order valence-electron chi connectivity index (χ4n) is 2.57. The lowest BCUT2D eigenvalue weighted by molar-refractivity contribution is 0.0945. The molecule has 0 aliphatic carbocycles. The van der Waals surface area contributed by atoms with Crippen molar-refractivity contribution in [3.05, 3.63) is 70.0 Å². The number of hydrogen-bond acceptors (Lipinski definition) is 4. The number of ether oxygens (including phenoxy) is 1. The molecule has 26 heavy (non-hydrogen) atoms. The fourth-order valence-corrected chi connectivity index (χ4v) is 2.84. The van der Waals surface area contributed by atoms with Gasteiger partial charge >= 0.3 is 0 Å². The Kier molecular flexibility index (Phi) is 5.68. The van der Waals surface area contributed by atoms with Gasteiger partial charge in [-0.3, -0.25) is 4.79 Å². The normalized spacial score (nSPS) is 10.6. The summed E-state index contributed by atoms with van der Waals surface area (Å²) in [5.41, 5.74) is 2.75. The highest BCUT2D eigenvalue weighted by Gasteiger charge is 2.17. The maximum absolute atomic E-state index is 12.5. The van der Waals surface area contributed by atoms with Gasteiger partial charge in [-0.05, 0) is 44.2 Å². The van der Waals surface area contributed by atoms with Gasteiger partial charge in [0.05, 0.1) is 18.0 Å². The number of rotatable bonds is 6. The third kappa shape index (κ3) is 3.94. The molecule has 0 aliphatic rings. The van der Waals surface area contributed by atoms with Gasteiger partial charge in [-0.1, -0.05) is 39.3 Å². The number of amides is 1. The van der Waals surface area contributed by atoms with E-state index in [0.717, 1.165) is 21.5 Å². The third-order valence-electron chi connectivity index (χ3n) is 3.89. The number of carbonyl (C=O) groups is 1. The van der Waals surface area contributed by atoms with Crippen LogP contribution in [-0.2, 0) is 6.54 Å². The van der Waals surface area contributed by atoms with Gasteiger partial charge in [-0.15, -0.1) is 5.10 Å². The van der Waals surface area contributed by atoms with Gasteiger partial charge < -0.3 is 10.1 Å². The molecule has 1 heterocycles. The zero-order valence-corrected chi connectivity index (χ0v) is 16.2. The summed E-state index contributed by atoms with van der Waals surface area (Å²) in [5, 5.41) is 11.0. The first-order valence-corrected chi connectivity index (χ1v) is 9.06. The van der Waals surface area contributed by atoms with Gasteiger partial charge in [-0.2, -0.15) is 0 Å². The molecule has 3 aromatic rings. The Bertz CT molecular complexity index is 906. The van der Waals surface area contributed by atoms with E-state index in [4.69, 9.17) is 4.74 Å². The highest BCUT2D eigenvalue weighted by molar-refractivity contribution is 9.10. The standard InChI is InChI=1S/C19H19BrN4O2/c1-3-26-17-7-5-4-6-14(17)12-21-19(25)18-13(2)24(23-22-18)16-10-8-15(20)9-11-16/h4-11H,3,12H2,1-2H3,(H,21,25). The Labute approximate surface area is 160 Å². The van der Waals surface area contributed by atoms with E-state index in [9.17, 15) is 4.79 Å². The summed E-state index contributed by atoms with van der Waals surface area (Å²) in [6.07, 6.45) is 0. The second-order valence-corrected chi connectivity index (χ2v) is 6.55. The molecule has 0 unspecified atom stereocenters. The summed E-state index contributed by atoms with van der Waals surface area (Å²) in [7, 11) is 0. The van der Waals surface area contributed by atoms with Crippen LogP contribution in [0.2, 0.25) is 0 Å². The zero-order chi connectivity index (χ0) is 18.5. The van der Waals surface area contributed by atoms with E-state index >= 15 is 0 Å². The van der Waals surface area contributed by atoms with E-state index in [2.05, 4.69) is 31.6 Å². The Morgan fingerprint density at radius 1 is 1.19 bits per heavy atom. The lowest BCUT2D eigenvalue weighted by Crippen LogP contribution is -2.24. The van der Waals surface area contributed by atoms with Gasteiger partial charge in [0.2, 0.25) is 0 Å². The number of carbonyl (C=O) groups excluding carboxylic acids is 1. The van der Waals surface area contributed by atoms with E-state index < -0.39 is 0 Å². The smallest absolute Gasteiger partial charge is 0.274 e. The summed E-state index contributed by atoms with van der Waals surface area (Å²) in [4.78, 5) is 12.5. The average Bonchev–Trinajstić information content (AvgIpc) is 3.03. The molecule has 2 aromatic carbocycles. The van der Waals surface area contributed by atoms with Crippen molar-refractivity contribution in [2.24, 2.45) is 0 Å². The maximum atomic E-state index is 12.5. The number of benzene rings is 2. The number of para-hydroxylation sites is 1. The van der Waals surface area contributed by atoms with Crippen LogP contribution in [0.25, 0.3) is 5.69 Å². The van der Waals surface area contributed by atoms with Gasteiger partial charge in [0, 0.05) is 16.6 Å². The molecular weight excluding hydrogens is 396 g/mol. The molecule has 1 aromatic heterocycles. The quantitative estimate of drug-likeness (QED) is 0.667. The van der Waals surface area contributed by atoms with E-state index in [0.29, 0.717) is 24.5 Å². The molecule has 7 heteroatoms. The Morgan fingerprint density at radius 3 is 2.65 bits per heavy atom. The maximum Gasteiger partial charge on any atom is 0.274 e. The van der Waals surface area contributed by atoms with Crippen molar-refractivity contribution in [1.82, 2.24) is 20.3 Å². The van der Waals surface area contributed by atoms with Crippen LogP contribution in [0.4, 0.5) is 0 Å². The summed E-state index contributed by atoms with van der Waals surface area (Å²) >= 11 is 3.40. The molecule has 0 radical (unpaired) electrons. The van der Waals surface area contributed by atoms with Crippen LogP contribution in [-0.4, -0.2) is 27.5 Å². The van der Waals surface area contributed by atoms with Crippen molar-refractivity contribution < 1.29 is 9.53 Å². The molecule has 0 fully saturated rings. The van der Waals surface area contributed by atoms with E-state index in [1.807, 2.05) is 62.4 Å². The van der Waals surface area contributed by atoms with E-state index in [1.165, 1.54) is 0 Å². The second-order valence-electron chi connectivity index (χ2n) is 5.64. The first-order valence-electron chi connectivity index (χ1n) is 8.27. The van der Waals surface area contributed by atoms with Crippen molar-refractivity contribution in [3.8, 4) is 11.4 Å². The molecular formula is C19H19BrN4O2. The highest BCUT2D eigenvalue weighted by atomic mass is 79.9. The third-order valence-corrected chi connectivity index (χ3v) is 4.42. The summed E-state index contributed by atoms with van der Waals surface area (Å²) in [5.74, 6) is 0.503. The molecule has 1 amide bonds. The molecule has 0 spiro atoms. The van der Waals surface area contributed by atoms with Crippen LogP contribution in [0.5, 0.6) is 5.75 Å². The predicted molar refractivity (Wildman–Crippen MR) is 103 cm³/mol. The monoisotopic (exact) mass is 414 g/mol. The van der Waals surface area contributed by atoms with Crippen LogP contribution in [0, 0.1) is 6.92 Å². The van der Waals surface area contributed by atoms with Crippen LogP contribution in [0.1, 0.15) is 28.7 Å². The number of hydrogen-bond donors (Lipinski definition) is 1. The van der Waals surface area contributed by atoms with E-state index in [-0.39, 0.29) is 5.91 Å². The number of nitrogens with zero attached hydrogens (tertiary/aromatic N) is 3. The molecule has 6 nitrogen and oxygen atoms in total. The number of nitrogens with one attached hydrogen (secondary N) is 1. The lowest BCUT2D eigenvalue weighted by Gasteiger charge is -2.10. The van der Waals surface area contributed by atoms with Gasteiger partial charge in [-0.25, -0.2) is 4.68 Å². The zero-order valence-electron chi connectivity index (χ0n) is 14.6. The van der Waals surface area contributed by atoms with Crippen molar-refractivity contribution in [2.75, 3.05) is 6.61 Å². The van der Waals surface area contributed by atoms with Crippen molar-refractivity contribution in [3.63, 3.8) is 0 Å². The molecule has 3 rings (SSSR count). The van der Waals surface area contributed by atoms with Crippen LogP contribution >= 0.6 is 15.9 Å². The molecule has 0 saturated carbocycles. The Hall–Kier alpha value is -2.67. The Balaban J connectivity index is 1.74. The first-order chi connectivity index (χ1) is 12.6. The summed E-state index contributed by atoms with van der Waals surface area (Å²) in [6, 6.07) is 15.3. The molecule has 0 atom stereocenters. The minimum Gasteiger partial charge on any atom is -0.494 e. The van der Waals surface area contributed by atoms with Crippen molar-refractivity contribution in [1.29, 1.82) is 0 Å². The first kappa shape index (κ1) is 18.1. The topological polar surface area (TPSA) is 69.0 Å². The van der Waals surface area contributed by atoms with Crippen LogP contribution < -0.4 is 10.1 Å². The van der Waals surface area contributed by atoms with Crippen molar-refractivity contribution in [2.45, 2.75) is 20.4 Å². The van der Waals surface area contributed by atoms with Gasteiger partial charge in [0.15, 0.2) is 5.69 Å². The Morgan fingerprint density at radius 2 is 1.92 bits per heavy atom. The number of halogens is 1.